The Balaban J connectivity index is 2.12. The number of hydrogen-bond acceptors (Lipinski definition) is 3. The Hall–Kier alpha value is -1.85. The first-order valence-corrected chi connectivity index (χ1v) is 9.26. The van der Waals surface area contributed by atoms with Crippen molar-refractivity contribution in [3.63, 3.8) is 0 Å². The molecule has 0 aliphatic heterocycles. The zero-order chi connectivity index (χ0) is 18.8. The summed E-state index contributed by atoms with van der Waals surface area (Å²) >= 11 is 7.46. The number of rotatable bonds is 4. The molecule has 25 heavy (non-hydrogen) atoms. The zero-order valence-electron chi connectivity index (χ0n) is 15.1. The topological polar surface area (TPSA) is 58.2 Å². The van der Waals surface area contributed by atoms with Gasteiger partial charge in [-0.15, -0.1) is 11.3 Å². The van der Waals surface area contributed by atoms with Gasteiger partial charge in [-0.3, -0.25) is 9.59 Å². The fourth-order valence-electron chi connectivity index (χ4n) is 2.23. The van der Waals surface area contributed by atoms with Gasteiger partial charge in [0.25, 0.3) is 5.91 Å². The van der Waals surface area contributed by atoms with Crippen LogP contribution in [0.25, 0.3) is 0 Å². The van der Waals surface area contributed by atoms with E-state index in [0.717, 1.165) is 11.1 Å². The summed E-state index contributed by atoms with van der Waals surface area (Å²) < 4.78 is 0. The van der Waals surface area contributed by atoms with E-state index in [9.17, 15) is 9.59 Å². The fourth-order valence-corrected chi connectivity index (χ4v) is 3.51. The second-order valence-electron chi connectivity index (χ2n) is 7.04. The van der Waals surface area contributed by atoms with E-state index in [2.05, 4.69) is 10.6 Å². The van der Waals surface area contributed by atoms with Gasteiger partial charge in [-0.1, -0.05) is 50.6 Å². The first-order valence-electron chi connectivity index (χ1n) is 8.06. The Morgan fingerprint density at radius 3 is 2.44 bits per heavy atom. The van der Waals surface area contributed by atoms with Crippen LogP contribution in [-0.2, 0) is 4.79 Å². The summed E-state index contributed by atoms with van der Waals surface area (Å²) in [5.41, 5.74) is 1.21. The highest BCUT2D eigenvalue weighted by Gasteiger charge is 2.23. The van der Waals surface area contributed by atoms with Crippen molar-refractivity contribution >= 4 is 39.8 Å². The van der Waals surface area contributed by atoms with Crippen LogP contribution in [0.1, 0.15) is 54.5 Å². The highest BCUT2D eigenvalue weighted by atomic mass is 35.5. The smallest absolute Gasteiger partial charge is 0.262 e. The van der Waals surface area contributed by atoms with Crippen molar-refractivity contribution in [2.45, 2.75) is 40.7 Å². The molecular weight excluding hydrogens is 356 g/mol. The molecule has 1 heterocycles. The first kappa shape index (κ1) is 19.5. The number of benzene rings is 1. The van der Waals surface area contributed by atoms with Crippen LogP contribution in [0.5, 0.6) is 0 Å². The number of thiophene rings is 1. The molecule has 6 heteroatoms. The second-order valence-corrected chi connectivity index (χ2v) is 8.50. The third-order valence-corrected chi connectivity index (χ3v) is 5.26. The number of amides is 2. The van der Waals surface area contributed by atoms with Crippen molar-refractivity contribution in [2.24, 2.45) is 5.41 Å². The van der Waals surface area contributed by atoms with Crippen LogP contribution in [0.15, 0.2) is 30.3 Å². The molecule has 0 saturated carbocycles. The summed E-state index contributed by atoms with van der Waals surface area (Å²) in [6.45, 7) is 9.30. The number of carbonyl (C=O) groups is 2. The van der Waals surface area contributed by atoms with Gasteiger partial charge < -0.3 is 10.6 Å². The molecule has 0 bridgehead atoms. The lowest BCUT2D eigenvalue weighted by molar-refractivity contribution is -0.123. The Bertz CT molecular complexity index is 793. The molecule has 2 N–H and O–H groups in total. The summed E-state index contributed by atoms with van der Waals surface area (Å²) in [5.74, 6) is -0.253. The lowest BCUT2D eigenvalue weighted by Gasteiger charge is -2.16. The SMILES string of the molecule is Cc1cc(NC(=O)C(C)(C)C)sc1C(=O)NC(C)c1ccccc1Cl. The molecule has 0 aliphatic rings. The van der Waals surface area contributed by atoms with Crippen molar-refractivity contribution in [3.8, 4) is 0 Å². The van der Waals surface area contributed by atoms with Crippen molar-refractivity contribution in [2.75, 3.05) is 5.32 Å². The minimum atomic E-state index is -0.487. The monoisotopic (exact) mass is 378 g/mol. The number of anilines is 1. The van der Waals surface area contributed by atoms with E-state index in [-0.39, 0.29) is 17.9 Å². The van der Waals surface area contributed by atoms with Crippen molar-refractivity contribution in [1.29, 1.82) is 0 Å². The molecule has 134 valence electrons. The standard InChI is InChI=1S/C19H23ClN2O2S/c1-11-10-15(22-18(24)19(3,4)5)25-16(11)17(23)21-12(2)13-8-6-7-9-14(13)20/h6-10,12H,1-5H3,(H,21,23)(H,22,24). The molecule has 0 aliphatic carbocycles. The van der Waals surface area contributed by atoms with Crippen LogP contribution in [0.2, 0.25) is 5.02 Å². The molecule has 1 aromatic heterocycles. The molecule has 1 atom stereocenters. The Kier molecular flexibility index (Phi) is 5.91. The number of halogens is 1. The summed E-state index contributed by atoms with van der Waals surface area (Å²) in [7, 11) is 0. The highest BCUT2D eigenvalue weighted by Crippen LogP contribution is 2.29. The van der Waals surface area contributed by atoms with Crippen molar-refractivity contribution in [3.05, 3.63) is 51.4 Å². The molecule has 4 nitrogen and oxygen atoms in total. The third-order valence-electron chi connectivity index (χ3n) is 3.76. The molecule has 0 saturated heterocycles. The summed E-state index contributed by atoms with van der Waals surface area (Å²) in [6.07, 6.45) is 0. The molecule has 1 aromatic carbocycles. The predicted octanol–water partition coefficient (Wildman–Crippen LogP) is 5.19. The molecule has 2 rings (SSSR count). The van der Waals surface area contributed by atoms with Crippen LogP contribution >= 0.6 is 22.9 Å². The number of carbonyl (C=O) groups excluding carboxylic acids is 2. The average Bonchev–Trinajstić information content (AvgIpc) is 2.87. The van der Waals surface area contributed by atoms with Gasteiger partial charge in [-0.05, 0) is 37.1 Å². The van der Waals surface area contributed by atoms with Gasteiger partial charge in [-0.2, -0.15) is 0 Å². The number of aryl methyl sites for hydroxylation is 1. The zero-order valence-corrected chi connectivity index (χ0v) is 16.6. The number of hydrogen-bond donors (Lipinski definition) is 2. The maximum Gasteiger partial charge on any atom is 0.262 e. The van der Waals surface area contributed by atoms with Gasteiger partial charge in [0.15, 0.2) is 0 Å². The van der Waals surface area contributed by atoms with Gasteiger partial charge in [0.1, 0.15) is 0 Å². The molecule has 0 spiro atoms. The lowest BCUT2D eigenvalue weighted by Crippen LogP contribution is -2.27. The van der Waals surface area contributed by atoms with Crippen LogP contribution in [0.3, 0.4) is 0 Å². The third kappa shape index (κ3) is 4.83. The summed E-state index contributed by atoms with van der Waals surface area (Å²) in [6, 6.07) is 9.05. The Morgan fingerprint density at radius 1 is 1.20 bits per heavy atom. The van der Waals surface area contributed by atoms with Crippen molar-refractivity contribution < 1.29 is 9.59 Å². The second kappa shape index (κ2) is 7.58. The van der Waals surface area contributed by atoms with E-state index in [0.29, 0.717) is 14.9 Å². The van der Waals surface area contributed by atoms with Crippen LogP contribution in [0.4, 0.5) is 5.00 Å². The minimum Gasteiger partial charge on any atom is -0.345 e. The van der Waals surface area contributed by atoms with E-state index in [1.54, 1.807) is 6.07 Å². The van der Waals surface area contributed by atoms with E-state index in [1.807, 2.05) is 58.9 Å². The Labute approximate surface area is 157 Å². The molecule has 2 aromatic rings. The summed E-state index contributed by atoms with van der Waals surface area (Å²) in [4.78, 5) is 25.3. The lowest BCUT2D eigenvalue weighted by atomic mass is 9.96. The normalized spacial score (nSPS) is 12.6. The van der Waals surface area contributed by atoms with Gasteiger partial charge in [0.05, 0.1) is 15.9 Å². The fraction of sp³-hybridized carbons (Fsp3) is 0.368. The maximum absolute atomic E-state index is 12.6. The van der Waals surface area contributed by atoms with Gasteiger partial charge >= 0.3 is 0 Å². The highest BCUT2D eigenvalue weighted by molar-refractivity contribution is 7.18. The summed E-state index contributed by atoms with van der Waals surface area (Å²) in [5, 5.41) is 7.13. The molecule has 2 amide bonds. The largest absolute Gasteiger partial charge is 0.345 e. The van der Waals surface area contributed by atoms with Crippen molar-refractivity contribution in [1.82, 2.24) is 5.32 Å². The minimum absolute atomic E-state index is 0.0786. The van der Waals surface area contributed by atoms with E-state index in [4.69, 9.17) is 11.6 Å². The van der Waals surface area contributed by atoms with Crippen LogP contribution in [0, 0.1) is 12.3 Å². The quantitative estimate of drug-likeness (QED) is 0.769. The molecule has 1 unspecified atom stereocenters. The van der Waals surface area contributed by atoms with E-state index in [1.165, 1.54) is 11.3 Å². The average molecular weight is 379 g/mol. The maximum atomic E-state index is 12.6. The van der Waals surface area contributed by atoms with Gasteiger partial charge in [0.2, 0.25) is 5.91 Å². The van der Waals surface area contributed by atoms with E-state index >= 15 is 0 Å². The van der Waals surface area contributed by atoms with Crippen LogP contribution < -0.4 is 10.6 Å². The van der Waals surface area contributed by atoms with Crippen LogP contribution in [-0.4, -0.2) is 11.8 Å². The first-order chi connectivity index (χ1) is 11.6. The molecular formula is C19H23ClN2O2S. The predicted molar refractivity (Wildman–Crippen MR) is 104 cm³/mol. The molecule has 0 fully saturated rings. The molecule has 0 radical (unpaired) electrons. The Morgan fingerprint density at radius 2 is 1.84 bits per heavy atom. The van der Waals surface area contributed by atoms with Gasteiger partial charge in [-0.25, -0.2) is 0 Å². The number of nitrogens with one attached hydrogen (secondary N) is 2. The van der Waals surface area contributed by atoms with E-state index < -0.39 is 5.41 Å². The van der Waals surface area contributed by atoms with Gasteiger partial charge in [0, 0.05) is 10.4 Å².